The van der Waals surface area contributed by atoms with Crippen molar-refractivity contribution in [3.05, 3.63) is 0 Å². The minimum absolute atomic E-state index is 0.327. The largest absolute Gasteiger partial charge is 0.481 e. The fourth-order valence-corrected chi connectivity index (χ4v) is 3.89. The molecule has 0 aliphatic rings. The molecule has 18 heteroatoms. The van der Waals surface area contributed by atoms with E-state index in [-0.39, 0.29) is 5.92 Å². The van der Waals surface area contributed by atoms with Crippen LogP contribution in [0.25, 0.3) is 0 Å². The van der Waals surface area contributed by atoms with Crippen LogP contribution in [0.15, 0.2) is 0 Å². The zero-order valence-corrected chi connectivity index (χ0v) is 26.9. The van der Waals surface area contributed by atoms with Gasteiger partial charge >= 0.3 is 17.9 Å². The van der Waals surface area contributed by atoms with Gasteiger partial charge in [0.2, 0.25) is 29.5 Å². The van der Waals surface area contributed by atoms with Gasteiger partial charge in [-0.3, -0.25) is 38.4 Å². The molecule has 0 bridgehead atoms. The standard InChI is InChI=1S/C28H48N6O12/c1-7-13(4)21(26(43)30-14(5)28(45)46)33-24(41)17(9-11-19(38)39)31-23(40)16(8-10-18(36)37)32-27(44)22(15(6)35)34-25(42)20(29)12(2)3/h12-17,20-22,35H,7-11,29H2,1-6H3,(H,30,43)(H,31,40)(H,32,44)(H,33,41)(H,34,42)(H,36,37)(H,38,39)(H,45,46). The fourth-order valence-electron chi connectivity index (χ4n) is 3.89. The van der Waals surface area contributed by atoms with Gasteiger partial charge in [0.15, 0.2) is 0 Å². The first-order chi connectivity index (χ1) is 21.2. The molecule has 18 nitrogen and oxygen atoms in total. The van der Waals surface area contributed by atoms with Gasteiger partial charge in [-0.05, 0) is 38.5 Å². The van der Waals surface area contributed by atoms with E-state index in [1.54, 1.807) is 27.7 Å². The van der Waals surface area contributed by atoms with Crippen LogP contribution in [0.2, 0.25) is 0 Å². The van der Waals surface area contributed by atoms with E-state index >= 15 is 0 Å². The molecule has 0 spiro atoms. The molecule has 0 aromatic carbocycles. The van der Waals surface area contributed by atoms with E-state index in [0.717, 1.165) is 0 Å². The summed E-state index contributed by atoms with van der Waals surface area (Å²) < 4.78 is 0. The molecule has 0 aliphatic heterocycles. The SMILES string of the molecule is CCC(C)C(NC(=O)C(CCC(=O)O)NC(=O)C(CCC(=O)O)NC(=O)C(NC(=O)C(N)C(C)C)C(C)O)C(=O)NC(C)C(=O)O. The molecule has 0 aromatic heterocycles. The highest BCUT2D eigenvalue weighted by Gasteiger charge is 2.35. The Morgan fingerprint density at radius 2 is 1.02 bits per heavy atom. The summed E-state index contributed by atoms with van der Waals surface area (Å²) in [6, 6.07) is -8.45. The van der Waals surface area contributed by atoms with Crippen molar-refractivity contribution in [2.24, 2.45) is 17.6 Å². The maximum absolute atomic E-state index is 13.3. The summed E-state index contributed by atoms with van der Waals surface area (Å²) in [5.74, 6) is -9.63. The Balaban J connectivity index is 6.19. The molecule has 0 heterocycles. The second kappa shape index (κ2) is 19.9. The van der Waals surface area contributed by atoms with Gasteiger partial charge in [-0.2, -0.15) is 0 Å². The molecule has 0 saturated heterocycles. The predicted molar refractivity (Wildman–Crippen MR) is 161 cm³/mol. The van der Waals surface area contributed by atoms with Crippen LogP contribution in [0.3, 0.4) is 0 Å². The lowest BCUT2D eigenvalue weighted by Gasteiger charge is -2.29. The average Bonchev–Trinajstić information content (AvgIpc) is 2.96. The Morgan fingerprint density at radius 1 is 0.609 bits per heavy atom. The summed E-state index contributed by atoms with van der Waals surface area (Å²) in [5.41, 5.74) is 5.80. The molecule has 0 rings (SSSR count). The molecule has 0 fully saturated rings. The quantitative estimate of drug-likeness (QED) is 0.0618. The molecule has 262 valence electrons. The van der Waals surface area contributed by atoms with Gasteiger partial charge in [0.1, 0.15) is 30.2 Å². The zero-order valence-electron chi connectivity index (χ0n) is 26.9. The van der Waals surface area contributed by atoms with Crippen molar-refractivity contribution in [2.45, 2.75) is 116 Å². The molecule has 0 aromatic rings. The number of aliphatic hydroxyl groups excluding tert-OH is 1. The van der Waals surface area contributed by atoms with Crippen LogP contribution >= 0.6 is 0 Å². The van der Waals surface area contributed by atoms with E-state index in [0.29, 0.717) is 6.42 Å². The zero-order chi connectivity index (χ0) is 35.9. The number of carbonyl (C=O) groups is 8. The van der Waals surface area contributed by atoms with Crippen molar-refractivity contribution in [3.8, 4) is 0 Å². The summed E-state index contributed by atoms with van der Waals surface area (Å²) in [6.45, 7) is 9.01. The number of carboxylic acids is 3. The number of carboxylic acid groups (broad SMARTS) is 3. The van der Waals surface area contributed by atoms with E-state index in [1.165, 1.54) is 13.8 Å². The summed E-state index contributed by atoms with van der Waals surface area (Å²) in [4.78, 5) is 98.8. The van der Waals surface area contributed by atoms with Crippen LogP contribution in [0.4, 0.5) is 0 Å². The Bertz CT molecular complexity index is 1110. The number of amides is 5. The lowest BCUT2D eigenvalue weighted by Crippen LogP contribution is -2.61. The second-order valence-corrected chi connectivity index (χ2v) is 11.4. The first-order valence-corrected chi connectivity index (χ1v) is 14.8. The maximum Gasteiger partial charge on any atom is 0.325 e. The Labute approximate surface area is 266 Å². The molecular formula is C28H48N6O12. The monoisotopic (exact) mass is 660 g/mol. The van der Waals surface area contributed by atoms with Crippen molar-refractivity contribution < 1.29 is 58.8 Å². The Morgan fingerprint density at radius 3 is 1.41 bits per heavy atom. The smallest absolute Gasteiger partial charge is 0.325 e. The molecule has 0 saturated carbocycles. The number of nitrogens with one attached hydrogen (secondary N) is 5. The normalized spacial score (nSPS) is 16.3. The number of hydrogen-bond acceptors (Lipinski definition) is 10. The lowest BCUT2D eigenvalue weighted by atomic mass is 9.97. The van der Waals surface area contributed by atoms with Gasteiger partial charge in [-0.15, -0.1) is 0 Å². The number of nitrogens with two attached hydrogens (primary N) is 1. The first kappa shape index (κ1) is 41.7. The third-order valence-electron chi connectivity index (χ3n) is 7.17. The summed E-state index contributed by atoms with van der Waals surface area (Å²) in [7, 11) is 0. The number of aliphatic hydroxyl groups is 1. The highest BCUT2D eigenvalue weighted by atomic mass is 16.4. The highest BCUT2D eigenvalue weighted by molar-refractivity contribution is 5.96. The minimum Gasteiger partial charge on any atom is -0.481 e. The minimum atomic E-state index is -1.63. The van der Waals surface area contributed by atoms with Crippen molar-refractivity contribution in [1.29, 1.82) is 0 Å². The van der Waals surface area contributed by atoms with Gasteiger partial charge in [0.25, 0.3) is 0 Å². The van der Waals surface area contributed by atoms with Crippen LogP contribution in [-0.2, 0) is 38.4 Å². The Kier molecular flexibility index (Phi) is 18.1. The predicted octanol–water partition coefficient (Wildman–Crippen LogP) is -2.35. The van der Waals surface area contributed by atoms with Crippen molar-refractivity contribution >= 4 is 47.4 Å². The van der Waals surface area contributed by atoms with Crippen LogP contribution in [0.1, 0.15) is 73.6 Å². The molecule has 46 heavy (non-hydrogen) atoms. The Hall–Kier alpha value is -4.32. The van der Waals surface area contributed by atoms with E-state index in [2.05, 4.69) is 26.6 Å². The topological polar surface area (TPSA) is 304 Å². The first-order valence-electron chi connectivity index (χ1n) is 14.8. The van der Waals surface area contributed by atoms with Crippen LogP contribution in [-0.4, -0.2) is 110 Å². The number of rotatable bonds is 21. The van der Waals surface area contributed by atoms with Gasteiger partial charge < -0.3 is 52.7 Å². The van der Waals surface area contributed by atoms with E-state index in [9.17, 15) is 53.7 Å². The maximum atomic E-state index is 13.3. The van der Waals surface area contributed by atoms with Gasteiger partial charge in [0.05, 0.1) is 12.1 Å². The molecule has 0 radical (unpaired) electrons. The summed E-state index contributed by atoms with van der Waals surface area (Å²) in [5, 5.41) is 49.2. The molecule has 8 atom stereocenters. The second-order valence-electron chi connectivity index (χ2n) is 11.4. The number of carbonyl (C=O) groups excluding carboxylic acids is 5. The fraction of sp³-hybridized carbons (Fsp3) is 0.714. The van der Waals surface area contributed by atoms with Crippen LogP contribution < -0.4 is 32.3 Å². The lowest BCUT2D eigenvalue weighted by molar-refractivity contribution is -0.142. The van der Waals surface area contributed by atoms with Crippen molar-refractivity contribution in [3.63, 3.8) is 0 Å². The molecule has 5 amide bonds. The van der Waals surface area contributed by atoms with Crippen molar-refractivity contribution in [2.75, 3.05) is 0 Å². The number of aliphatic carboxylic acids is 3. The number of hydrogen-bond donors (Lipinski definition) is 10. The molecule has 0 aliphatic carbocycles. The highest BCUT2D eigenvalue weighted by Crippen LogP contribution is 2.11. The van der Waals surface area contributed by atoms with E-state index in [1.807, 2.05) is 0 Å². The average molecular weight is 661 g/mol. The molecule has 11 N–H and O–H groups in total. The third kappa shape index (κ3) is 14.6. The van der Waals surface area contributed by atoms with Crippen LogP contribution in [0.5, 0.6) is 0 Å². The summed E-state index contributed by atoms with van der Waals surface area (Å²) in [6.07, 6.45) is -3.35. The summed E-state index contributed by atoms with van der Waals surface area (Å²) >= 11 is 0. The van der Waals surface area contributed by atoms with Gasteiger partial charge in [0, 0.05) is 12.8 Å². The molecular weight excluding hydrogens is 612 g/mol. The van der Waals surface area contributed by atoms with E-state index in [4.69, 9.17) is 10.8 Å². The van der Waals surface area contributed by atoms with Gasteiger partial charge in [-0.1, -0.05) is 34.1 Å². The van der Waals surface area contributed by atoms with Crippen LogP contribution in [0, 0.1) is 11.8 Å². The van der Waals surface area contributed by atoms with E-state index < -0.39 is 121 Å². The molecule has 8 unspecified atom stereocenters. The third-order valence-corrected chi connectivity index (χ3v) is 7.17. The van der Waals surface area contributed by atoms with Gasteiger partial charge in [-0.25, -0.2) is 0 Å². The van der Waals surface area contributed by atoms with Crippen molar-refractivity contribution in [1.82, 2.24) is 26.6 Å².